The lowest BCUT2D eigenvalue weighted by Crippen LogP contribution is -2.33. The highest BCUT2D eigenvalue weighted by Gasteiger charge is 2.26. The molecule has 2 aromatic rings. The van der Waals surface area contributed by atoms with Crippen LogP contribution in [0.2, 0.25) is 0 Å². The number of benzene rings is 1. The zero-order valence-electron chi connectivity index (χ0n) is 12.9. The minimum atomic E-state index is -0.960. The van der Waals surface area contributed by atoms with Crippen molar-refractivity contribution >= 4 is 17.3 Å². The summed E-state index contributed by atoms with van der Waals surface area (Å²) >= 11 is 1.70. The molecule has 1 fully saturated rings. The first-order chi connectivity index (χ1) is 11.2. The molecule has 3 rings (SSSR count). The van der Waals surface area contributed by atoms with Crippen LogP contribution in [0.25, 0.3) is 0 Å². The van der Waals surface area contributed by atoms with E-state index in [4.69, 9.17) is 9.84 Å². The van der Waals surface area contributed by atoms with Gasteiger partial charge in [0.1, 0.15) is 10.8 Å². The van der Waals surface area contributed by atoms with Crippen LogP contribution in [0.15, 0.2) is 35.8 Å². The van der Waals surface area contributed by atoms with Crippen LogP contribution in [0.3, 0.4) is 0 Å². The maximum absolute atomic E-state index is 10.7. The Morgan fingerprint density at radius 2 is 2.26 bits per heavy atom. The van der Waals surface area contributed by atoms with Crippen LogP contribution in [0.1, 0.15) is 35.9 Å². The predicted octanol–water partition coefficient (Wildman–Crippen LogP) is 3.33. The molecule has 0 saturated carbocycles. The number of carboxylic acids is 1. The Balaban J connectivity index is 1.75. The second kappa shape index (κ2) is 7.57. The molecule has 0 amide bonds. The van der Waals surface area contributed by atoms with E-state index in [1.54, 1.807) is 11.3 Å². The fourth-order valence-corrected chi connectivity index (χ4v) is 3.80. The molecule has 6 heteroatoms. The second-order valence-electron chi connectivity index (χ2n) is 5.64. The average Bonchev–Trinajstić information content (AvgIpc) is 3.09. The fraction of sp³-hybridized carbons (Fsp3) is 0.412. The summed E-state index contributed by atoms with van der Waals surface area (Å²) in [6, 6.07) is 8.02. The molecule has 23 heavy (non-hydrogen) atoms. The Morgan fingerprint density at radius 3 is 3.04 bits per heavy atom. The number of piperidine rings is 1. The zero-order chi connectivity index (χ0) is 16.1. The highest BCUT2D eigenvalue weighted by Crippen LogP contribution is 2.34. The van der Waals surface area contributed by atoms with Gasteiger partial charge in [0.15, 0.2) is 6.61 Å². The number of rotatable bonds is 6. The minimum absolute atomic E-state index is 0.313. The largest absolute Gasteiger partial charge is 0.482 e. The van der Waals surface area contributed by atoms with E-state index in [1.165, 1.54) is 12.8 Å². The molecule has 1 aliphatic rings. The molecule has 1 aromatic carbocycles. The van der Waals surface area contributed by atoms with Gasteiger partial charge in [0.25, 0.3) is 0 Å². The third-order valence-electron chi connectivity index (χ3n) is 4.05. The molecule has 122 valence electrons. The number of para-hydroxylation sites is 1. The van der Waals surface area contributed by atoms with E-state index in [1.807, 2.05) is 35.8 Å². The zero-order valence-corrected chi connectivity index (χ0v) is 13.7. The lowest BCUT2D eigenvalue weighted by molar-refractivity contribution is -0.139. The smallest absolute Gasteiger partial charge is 0.341 e. The molecular formula is C17H20N2O3S. The first kappa shape index (κ1) is 16.0. The Labute approximate surface area is 139 Å². The van der Waals surface area contributed by atoms with E-state index in [-0.39, 0.29) is 6.61 Å². The molecule has 0 bridgehead atoms. The predicted molar refractivity (Wildman–Crippen MR) is 88.7 cm³/mol. The molecule has 0 radical (unpaired) electrons. The quantitative estimate of drug-likeness (QED) is 0.879. The summed E-state index contributed by atoms with van der Waals surface area (Å²) < 4.78 is 5.43. The van der Waals surface area contributed by atoms with Gasteiger partial charge in [-0.25, -0.2) is 9.78 Å². The summed E-state index contributed by atoms with van der Waals surface area (Å²) in [5.41, 5.74) is 1.03. The van der Waals surface area contributed by atoms with Crippen molar-refractivity contribution in [2.45, 2.75) is 31.8 Å². The average molecular weight is 332 g/mol. The van der Waals surface area contributed by atoms with E-state index in [9.17, 15) is 4.79 Å². The molecule has 1 aliphatic heterocycles. The third kappa shape index (κ3) is 4.09. The van der Waals surface area contributed by atoms with Gasteiger partial charge >= 0.3 is 5.97 Å². The van der Waals surface area contributed by atoms with Crippen LogP contribution < -0.4 is 4.74 Å². The van der Waals surface area contributed by atoms with E-state index >= 15 is 0 Å². The number of hydrogen-bond donors (Lipinski definition) is 1. The summed E-state index contributed by atoms with van der Waals surface area (Å²) in [5, 5.41) is 12.0. The molecule has 0 spiro atoms. The Hall–Kier alpha value is -1.92. The highest BCUT2D eigenvalue weighted by atomic mass is 32.1. The van der Waals surface area contributed by atoms with Crippen LogP contribution in [0.5, 0.6) is 5.75 Å². The molecule has 1 N–H and O–H groups in total. The number of carbonyl (C=O) groups is 1. The van der Waals surface area contributed by atoms with Crippen LogP contribution in [-0.4, -0.2) is 34.1 Å². The number of aliphatic carboxylic acids is 1. The Bertz CT molecular complexity index is 645. The van der Waals surface area contributed by atoms with E-state index in [2.05, 4.69) is 9.88 Å². The standard InChI is InChI=1S/C17H20N2O3S/c20-16(21)12-22-15-7-2-1-5-13(15)11-19-9-4-3-6-14(19)17-18-8-10-23-17/h1-2,5,7-8,10,14H,3-4,6,9,11-12H2,(H,20,21)/t14-/m0/s1. The lowest BCUT2D eigenvalue weighted by Gasteiger charge is -2.34. The van der Waals surface area contributed by atoms with Crippen molar-refractivity contribution in [1.82, 2.24) is 9.88 Å². The number of aromatic nitrogens is 1. The van der Waals surface area contributed by atoms with E-state index in [0.29, 0.717) is 11.8 Å². The molecule has 0 unspecified atom stereocenters. The SMILES string of the molecule is O=C(O)COc1ccccc1CN1CCCC[C@H]1c1nccs1. The topological polar surface area (TPSA) is 62.7 Å². The summed E-state index contributed by atoms with van der Waals surface area (Å²) in [6.07, 6.45) is 5.38. The van der Waals surface area contributed by atoms with E-state index in [0.717, 1.165) is 30.1 Å². The van der Waals surface area contributed by atoms with Crippen molar-refractivity contribution in [2.75, 3.05) is 13.2 Å². The van der Waals surface area contributed by atoms with Gasteiger partial charge in [-0.15, -0.1) is 11.3 Å². The Morgan fingerprint density at radius 1 is 1.39 bits per heavy atom. The number of thiazole rings is 1. The number of nitrogens with zero attached hydrogens (tertiary/aromatic N) is 2. The number of carboxylic acid groups (broad SMARTS) is 1. The van der Waals surface area contributed by atoms with Crippen molar-refractivity contribution in [1.29, 1.82) is 0 Å². The van der Waals surface area contributed by atoms with Crippen LogP contribution in [0, 0.1) is 0 Å². The van der Waals surface area contributed by atoms with Gasteiger partial charge in [-0.3, -0.25) is 4.90 Å². The van der Waals surface area contributed by atoms with Crippen molar-refractivity contribution in [3.8, 4) is 5.75 Å². The van der Waals surface area contributed by atoms with Crippen molar-refractivity contribution in [3.05, 3.63) is 46.4 Å². The van der Waals surface area contributed by atoms with E-state index < -0.39 is 5.97 Å². The minimum Gasteiger partial charge on any atom is -0.482 e. The summed E-state index contributed by atoms with van der Waals surface area (Å²) in [6.45, 7) is 1.46. The number of hydrogen-bond acceptors (Lipinski definition) is 5. The molecule has 1 atom stereocenters. The number of likely N-dealkylation sites (tertiary alicyclic amines) is 1. The van der Waals surface area contributed by atoms with Crippen LogP contribution in [-0.2, 0) is 11.3 Å². The fourth-order valence-electron chi connectivity index (χ4n) is 2.99. The molecule has 1 saturated heterocycles. The van der Waals surface area contributed by atoms with Crippen molar-refractivity contribution in [3.63, 3.8) is 0 Å². The Kier molecular flexibility index (Phi) is 5.25. The van der Waals surface area contributed by atoms with Crippen molar-refractivity contribution in [2.24, 2.45) is 0 Å². The normalized spacial score (nSPS) is 18.7. The maximum Gasteiger partial charge on any atom is 0.341 e. The first-order valence-electron chi connectivity index (χ1n) is 7.80. The molecule has 5 nitrogen and oxygen atoms in total. The van der Waals surface area contributed by atoms with Crippen LogP contribution in [0.4, 0.5) is 0 Å². The highest BCUT2D eigenvalue weighted by molar-refractivity contribution is 7.09. The number of ether oxygens (including phenoxy) is 1. The van der Waals surface area contributed by atoms with Crippen LogP contribution >= 0.6 is 11.3 Å². The molecule has 0 aliphatic carbocycles. The molecule has 2 heterocycles. The third-order valence-corrected chi connectivity index (χ3v) is 4.92. The summed E-state index contributed by atoms with van der Waals surface area (Å²) in [4.78, 5) is 17.6. The van der Waals surface area contributed by atoms with Gasteiger partial charge in [0.2, 0.25) is 0 Å². The molecular weight excluding hydrogens is 312 g/mol. The van der Waals surface area contributed by atoms with Crippen molar-refractivity contribution < 1.29 is 14.6 Å². The monoisotopic (exact) mass is 332 g/mol. The molecule has 1 aromatic heterocycles. The van der Waals surface area contributed by atoms with Gasteiger partial charge in [-0.2, -0.15) is 0 Å². The van der Waals surface area contributed by atoms with Gasteiger partial charge in [0, 0.05) is 23.7 Å². The van der Waals surface area contributed by atoms with Gasteiger partial charge in [0.05, 0.1) is 6.04 Å². The first-order valence-corrected chi connectivity index (χ1v) is 8.68. The summed E-state index contributed by atoms with van der Waals surface area (Å²) in [7, 11) is 0. The second-order valence-corrected chi connectivity index (χ2v) is 6.57. The van der Waals surface area contributed by atoms with Gasteiger partial charge in [-0.1, -0.05) is 24.6 Å². The lowest BCUT2D eigenvalue weighted by atomic mass is 10.0. The maximum atomic E-state index is 10.7. The summed E-state index contributed by atoms with van der Waals surface area (Å²) in [5.74, 6) is -0.309. The van der Waals surface area contributed by atoms with Gasteiger partial charge in [-0.05, 0) is 25.5 Å². The van der Waals surface area contributed by atoms with Gasteiger partial charge < -0.3 is 9.84 Å².